The van der Waals surface area contributed by atoms with Crippen molar-refractivity contribution in [3.05, 3.63) is 0 Å². The summed E-state index contributed by atoms with van der Waals surface area (Å²) in [6, 6.07) is 0.414. The van der Waals surface area contributed by atoms with Crippen molar-refractivity contribution >= 4 is 0 Å². The fourth-order valence-electron chi connectivity index (χ4n) is 3.23. The van der Waals surface area contributed by atoms with Crippen LogP contribution in [0.25, 0.3) is 0 Å². The zero-order chi connectivity index (χ0) is 13.3. The van der Waals surface area contributed by atoms with Gasteiger partial charge in [-0.1, -0.05) is 32.6 Å². The quantitative estimate of drug-likeness (QED) is 0.552. The van der Waals surface area contributed by atoms with Crippen LogP contribution in [0.4, 0.5) is 0 Å². The van der Waals surface area contributed by atoms with Gasteiger partial charge in [-0.15, -0.1) is 12.3 Å². The summed E-state index contributed by atoms with van der Waals surface area (Å²) in [7, 11) is 0. The molecule has 2 nitrogen and oxygen atoms in total. The van der Waals surface area contributed by atoms with Crippen LogP contribution in [0.3, 0.4) is 0 Å². The third kappa shape index (κ3) is 4.30. The van der Waals surface area contributed by atoms with E-state index in [1.165, 1.54) is 38.5 Å². The molecule has 0 saturated heterocycles. The van der Waals surface area contributed by atoms with Gasteiger partial charge in [0.2, 0.25) is 0 Å². The van der Waals surface area contributed by atoms with E-state index in [4.69, 9.17) is 11.2 Å². The fraction of sp³-hybridized carbons (Fsp3) is 0.875. The predicted octanol–water partition coefficient (Wildman–Crippen LogP) is 3.51. The van der Waals surface area contributed by atoms with Crippen molar-refractivity contribution in [2.45, 2.75) is 76.9 Å². The third-order valence-corrected chi connectivity index (χ3v) is 4.04. The molecule has 1 fully saturated rings. The Morgan fingerprint density at radius 1 is 1.22 bits per heavy atom. The fourth-order valence-corrected chi connectivity index (χ4v) is 3.23. The van der Waals surface area contributed by atoms with E-state index < -0.39 is 0 Å². The van der Waals surface area contributed by atoms with Crippen molar-refractivity contribution in [1.29, 1.82) is 0 Å². The summed E-state index contributed by atoms with van der Waals surface area (Å²) in [5, 5.41) is 3.62. The molecule has 0 amide bonds. The van der Waals surface area contributed by atoms with Gasteiger partial charge >= 0.3 is 0 Å². The SMILES string of the molecule is C#CCCC(NCC)C1(OCC)CCCCCC1. The summed E-state index contributed by atoms with van der Waals surface area (Å²) >= 11 is 0. The zero-order valence-corrected chi connectivity index (χ0v) is 12.1. The van der Waals surface area contributed by atoms with Crippen LogP contribution >= 0.6 is 0 Å². The molecule has 0 spiro atoms. The van der Waals surface area contributed by atoms with Gasteiger partial charge in [-0.2, -0.15) is 0 Å². The van der Waals surface area contributed by atoms with Gasteiger partial charge in [0.05, 0.1) is 5.60 Å². The minimum absolute atomic E-state index is 0.0259. The average molecular weight is 251 g/mol. The smallest absolute Gasteiger partial charge is 0.0834 e. The topological polar surface area (TPSA) is 21.3 Å². The Labute approximate surface area is 113 Å². The normalized spacial score (nSPS) is 20.9. The second-order valence-electron chi connectivity index (χ2n) is 5.27. The maximum Gasteiger partial charge on any atom is 0.0834 e. The van der Waals surface area contributed by atoms with Crippen molar-refractivity contribution in [3.8, 4) is 12.3 Å². The first-order valence-corrected chi connectivity index (χ1v) is 7.60. The minimum Gasteiger partial charge on any atom is -0.374 e. The lowest BCUT2D eigenvalue weighted by atomic mass is 9.83. The van der Waals surface area contributed by atoms with Crippen LogP contribution in [0.1, 0.15) is 65.2 Å². The number of hydrogen-bond donors (Lipinski definition) is 1. The number of rotatable bonds is 7. The molecule has 0 heterocycles. The van der Waals surface area contributed by atoms with Crippen molar-refractivity contribution in [1.82, 2.24) is 5.32 Å². The number of nitrogens with one attached hydrogen (secondary N) is 1. The number of terminal acetylenes is 1. The highest BCUT2D eigenvalue weighted by molar-refractivity contribution is 4.97. The van der Waals surface area contributed by atoms with E-state index in [0.29, 0.717) is 6.04 Å². The average Bonchev–Trinajstić information content (AvgIpc) is 2.61. The van der Waals surface area contributed by atoms with Crippen LogP contribution in [0.5, 0.6) is 0 Å². The molecule has 18 heavy (non-hydrogen) atoms. The molecule has 0 aromatic carbocycles. The Kier molecular flexibility index (Phi) is 7.39. The Bertz CT molecular complexity index is 248. The molecule has 0 aromatic rings. The van der Waals surface area contributed by atoms with Crippen LogP contribution in [0.15, 0.2) is 0 Å². The molecule has 1 atom stereocenters. The standard InChI is InChI=1S/C16H29NO/c1-4-7-12-15(17-5-2)16(18-6-3)13-10-8-9-11-14-16/h1,15,17H,5-14H2,2-3H3. The van der Waals surface area contributed by atoms with Gasteiger partial charge < -0.3 is 10.1 Å². The summed E-state index contributed by atoms with van der Waals surface area (Å²) in [5.74, 6) is 2.78. The summed E-state index contributed by atoms with van der Waals surface area (Å²) in [4.78, 5) is 0. The highest BCUT2D eigenvalue weighted by Gasteiger charge is 2.38. The highest BCUT2D eigenvalue weighted by Crippen LogP contribution is 2.35. The molecule has 0 bridgehead atoms. The zero-order valence-electron chi connectivity index (χ0n) is 12.1. The van der Waals surface area contributed by atoms with Crippen LogP contribution in [-0.4, -0.2) is 24.8 Å². The Hall–Kier alpha value is -0.520. The molecule has 1 saturated carbocycles. The van der Waals surface area contributed by atoms with E-state index in [1.54, 1.807) is 0 Å². The Morgan fingerprint density at radius 2 is 1.89 bits per heavy atom. The first-order chi connectivity index (χ1) is 8.79. The van der Waals surface area contributed by atoms with Crippen molar-refractivity contribution in [3.63, 3.8) is 0 Å². The van der Waals surface area contributed by atoms with Crippen LogP contribution in [-0.2, 0) is 4.74 Å². The van der Waals surface area contributed by atoms with E-state index in [9.17, 15) is 0 Å². The molecule has 1 rings (SSSR count). The van der Waals surface area contributed by atoms with E-state index in [1.807, 2.05) is 0 Å². The third-order valence-electron chi connectivity index (χ3n) is 4.04. The Balaban J connectivity index is 2.78. The van der Waals surface area contributed by atoms with Gasteiger partial charge in [0.15, 0.2) is 0 Å². The summed E-state index contributed by atoms with van der Waals surface area (Å²) in [6.07, 6.45) is 15.0. The lowest BCUT2D eigenvalue weighted by Crippen LogP contribution is -2.52. The van der Waals surface area contributed by atoms with Gasteiger partial charge in [-0.3, -0.25) is 0 Å². The van der Waals surface area contributed by atoms with E-state index in [-0.39, 0.29) is 5.60 Å². The monoisotopic (exact) mass is 251 g/mol. The largest absolute Gasteiger partial charge is 0.374 e. The van der Waals surface area contributed by atoms with Crippen molar-refractivity contribution in [2.24, 2.45) is 0 Å². The maximum atomic E-state index is 6.23. The lowest BCUT2D eigenvalue weighted by Gasteiger charge is -2.40. The van der Waals surface area contributed by atoms with E-state index in [2.05, 4.69) is 25.1 Å². The maximum absolute atomic E-state index is 6.23. The predicted molar refractivity (Wildman–Crippen MR) is 77.6 cm³/mol. The molecule has 0 radical (unpaired) electrons. The molecule has 2 heteroatoms. The summed E-state index contributed by atoms with van der Waals surface area (Å²) in [6.45, 7) is 6.07. The van der Waals surface area contributed by atoms with Gasteiger partial charge in [0.1, 0.15) is 0 Å². The van der Waals surface area contributed by atoms with Gasteiger partial charge in [-0.25, -0.2) is 0 Å². The van der Waals surface area contributed by atoms with E-state index >= 15 is 0 Å². The van der Waals surface area contributed by atoms with Gasteiger partial charge in [-0.05, 0) is 32.7 Å². The summed E-state index contributed by atoms with van der Waals surface area (Å²) < 4.78 is 6.23. The van der Waals surface area contributed by atoms with Gasteiger partial charge in [0.25, 0.3) is 0 Å². The van der Waals surface area contributed by atoms with Crippen LogP contribution in [0, 0.1) is 12.3 Å². The second kappa shape index (κ2) is 8.56. The van der Waals surface area contributed by atoms with Crippen molar-refractivity contribution in [2.75, 3.05) is 13.2 Å². The number of hydrogen-bond acceptors (Lipinski definition) is 2. The Morgan fingerprint density at radius 3 is 2.39 bits per heavy atom. The van der Waals surface area contributed by atoms with Crippen LogP contribution in [0.2, 0.25) is 0 Å². The molecule has 0 aliphatic heterocycles. The first-order valence-electron chi connectivity index (χ1n) is 7.60. The molecule has 1 N–H and O–H groups in total. The molecular formula is C16H29NO. The molecule has 1 unspecified atom stereocenters. The lowest BCUT2D eigenvalue weighted by molar-refractivity contribution is -0.0779. The van der Waals surface area contributed by atoms with E-state index in [0.717, 1.165) is 26.0 Å². The molecule has 104 valence electrons. The summed E-state index contributed by atoms with van der Waals surface area (Å²) in [5.41, 5.74) is 0.0259. The van der Waals surface area contributed by atoms with Gasteiger partial charge in [0, 0.05) is 19.1 Å². The number of ether oxygens (including phenoxy) is 1. The highest BCUT2D eigenvalue weighted by atomic mass is 16.5. The van der Waals surface area contributed by atoms with Crippen molar-refractivity contribution < 1.29 is 4.74 Å². The molecule has 1 aliphatic carbocycles. The number of likely N-dealkylation sites (N-methyl/N-ethyl adjacent to an activating group) is 1. The second-order valence-corrected chi connectivity index (χ2v) is 5.27. The first kappa shape index (κ1) is 15.5. The molecule has 0 aromatic heterocycles. The molecule has 1 aliphatic rings. The minimum atomic E-state index is 0.0259. The van der Waals surface area contributed by atoms with Crippen LogP contribution < -0.4 is 5.32 Å². The molecular weight excluding hydrogens is 222 g/mol.